The highest BCUT2D eigenvalue weighted by Gasteiger charge is 2.17. The van der Waals surface area contributed by atoms with E-state index in [1.54, 1.807) is 13.2 Å². The summed E-state index contributed by atoms with van der Waals surface area (Å²) < 4.78 is 6.61. The molecule has 1 aromatic rings. The van der Waals surface area contributed by atoms with Crippen molar-refractivity contribution >= 4 is 5.78 Å². The molecule has 74 valence electrons. The summed E-state index contributed by atoms with van der Waals surface area (Å²) in [5, 5.41) is 7.47. The highest BCUT2D eigenvalue weighted by molar-refractivity contribution is 6.06. The zero-order valence-electron chi connectivity index (χ0n) is 7.93. The standard InChI is InChI=1S/C9H11N3O2/c1-12-5-8(10-11-12)9(13)7-3-2-4-14-6-7/h5-6H,2-4H2,1H3. The van der Waals surface area contributed by atoms with Crippen molar-refractivity contribution in [2.75, 3.05) is 6.61 Å². The van der Waals surface area contributed by atoms with Gasteiger partial charge in [-0.25, -0.2) is 0 Å². The zero-order chi connectivity index (χ0) is 9.97. The van der Waals surface area contributed by atoms with Crippen molar-refractivity contribution in [1.29, 1.82) is 0 Å². The van der Waals surface area contributed by atoms with Crippen molar-refractivity contribution in [3.63, 3.8) is 0 Å². The Hall–Kier alpha value is -1.65. The number of Topliss-reactive ketones (excluding diaryl/α,β-unsaturated/α-hetero) is 1. The number of carbonyl (C=O) groups is 1. The lowest BCUT2D eigenvalue weighted by atomic mass is 10.0. The van der Waals surface area contributed by atoms with Crippen LogP contribution in [0.2, 0.25) is 0 Å². The van der Waals surface area contributed by atoms with Crippen LogP contribution >= 0.6 is 0 Å². The molecule has 14 heavy (non-hydrogen) atoms. The summed E-state index contributed by atoms with van der Waals surface area (Å²) in [7, 11) is 1.73. The number of aromatic nitrogens is 3. The number of ketones is 1. The summed E-state index contributed by atoms with van der Waals surface area (Å²) in [4.78, 5) is 11.7. The second kappa shape index (κ2) is 3.61. The molecule has 5 heteroatoms. The van der Waals surface area contributed by atoms with E-state index in [0.717, 1.165) is 12.8 Å². The molecule has 0 bridgehead atoms. The second-order valence-corrected chi connectivity index (χ2v) is 3.22. The number of rotatable bonds is 2. The van der Waals surface area contributed by atoms with Gasteiger partial charge in [0.05, 0.1) is 19.1 Å². The molecule has 0 saturated heterocycles. The van der Waals surface area contributed by atoms with Crippen molar-refractivity contribution < 1.29 is 9.53 Å². The maximum atomic E-state index is 11.7. The molecule has 0 saturated carbocycles. The molecule has 0 atom stereocenters. The average Bonchev–Trinajstić information content (AvgIpc) is 2.65. The Kier molecular flexibility index (Phi) is 2.30. The van der Waals surface area contributed by atoms with Gasteiger partial charge < -0.3 is 4.74 Å². The molecule has 0 fully saturated rings. The van der Waals surface area contributed by atoms with E-state index in [9.17, 15) is 4.79 Å². The van der Waals surface area contributed by atoms with E-state index in [2.05, 4.69) is 10.3 Å². The van der Waals surface area contributed by atoms with E-state index >= 15 is 0 Å². The smallest absolute Gasteiger partial charge is 0.213 e. The van der Waals surface area contributed by atoms with Gasteiger partial charge in [0.2, 0.25) is 5.78 Å². The monoisotopic (exact) mass is 193 g/mol. The van der Waals surface area contributed by atoms with Gasteiger partial charge in [-0.2, -0.15) is 0 Å². The average molecular weight is 193 g/mol. The zero-order valence-corrected chi connectivity index (χ0v) is 7.93. The van der Waals surface area contributed by atoms with Gasteiger partial charge in [0.1, 0.15) is 0 Å². The predicted molar refractivity (Wildman–Crippen MR) is 48.6 cm³/mol. The number of allylic oxidation sites excluding steroid dienone is 1. The first kappa shape index (κ1) is 8.93. The molecule has 1 aromatic heterocycles. The number of ether oxygens (including phenoxy) is 1. The Morgan fingerprint density at radius 3 is 3.07 bits per heavy atom. The fourth-order valence-corrected chi connectivity index (χ4v) is 1.35. The van der Waals surface area contributed by atoms with E-state index < -0.39 is 0 Å². The van der Waals surface area contributed by atoms with Crippen LogP contribution in [0, 0.1) is 0 Å². The van der Waals surface area contributed by atoms with Gasteiger partial charge in [0, 0.05) is 12.6 Å². The molecular weight excluding hydrogens is 182 g/mol. The third kappa shape index (κ3) is 1.66. The maximum absolute atomic E-state index is 11.7. The van der Waals surface area contributed by atoms with Crippen LogP contribution in [0.5, 0.6) is 0 Å². The molecule has 5 nitrogen and oxygen atoms in total. The Morgan fingerprint density at radius 1 is 1.64 bits per heavy atom. The van der Waals surface area contributed by atoms with E-state index in [4.69, 9.17) is 4.74 Å². The normalized spacial score (nSPS) is 15.9. The maximum Gasteiger partial charge on any atom is 0.213 e. The Balaban J connectivity index is 2.19. The van der Waals surface area contributed by atoms with Crippen LogP contribution in [0.3, 0.4) is 0 Å². The quantitative estimate of drug-likeness (QED) is 0.648. The highest BCUT2D eigenvalue weighted by Crippen LogP contribution is 2.15. The summed E-state index contributed by atoms with van der Waals surface area (Å²) in [6.07, 6.45) is 4.78. The van der Waals surface area contributed by atoms with Crippen molar-refractivity contribution in [1.82, 2.24) is 15.0 Å². The SMILES string of the molecule is Cn1cc(C(=O)C2=COCCC2)nn1. The summed E-state index contributed by atoms with van der Waals surface area (Å²) in [5.41, 5.74) is 1.06. The van der Waals surface area contributed by atoms with Gasteiger partial charge in [-0.15, -0.1) is 5.10 Å². The van der Waals surface area contributed by atoms with Crippen LogP contribution in [0.25, 0.3) is 0 Å². The summed E-state index contributed by atoms with van der Waals surface area (Å²) in [6, 6.07) is 0. The largest absolute Gasteiger partial charge is 0.501 e. The lowest BCUT2D eigenvalue weighted by Gasteiger charge is -2.10. The first-order valence-corrected chi connectivity index (χ1v) is 4.49. The molecule has 0 N–H and O–H groups in total. The van der Waals surface area contributed by atoms with E-state index in [0.29, 0.717) is 17.9 Å². The van der Waals surface area contributed by atoms with Gasteiger partial charge in [-0.1, -0.05) is 5.21 Å². The Labute approximate surface area is 81.4 Å². The molecule has 0 aromatic carbocycles. The van der Waals surface area contributed by atoms with E-state index in [1.165, 1.54) is 10.9 Å². The number of hydrogen-bond acceptors (Lipinski definition) is 4. The Bertz CT molecular complexity index is 381. The first-order valence-electron chi connectivity index (χ1n) is 4.49. The molecule has 1 aliphatic rings. The number of nitrogens with zero attached hydrogens (tertiary/aromatic N) is 3. The predicted octanol–water partition coefficient (Wildman–Crippen LogP) is 0.692. The van der Waals surface area contributed by atoms with Crippen molar-refractivity contribution in [3.8, 4) is 0 Å². The van der Waals surface area contributed by atoms with Gasteiger partial charge >= 0.3 is 0 Å². The molecule has 0 radical (unpaired) electrons. The molecule has 2 rings (SSSR count). The lowest BCUT2D eigenvalue weighted by Crippen LogP contribution is -2.09. The molecule has 0 aliphatic carbocycles. The third-order valence-corrected chi connectivity index (χ3v) is 2.06. The van der Waals surface area contributed by atoms with Gasteiger partial charge in [-0.05, 0) is 12.8 Å². The minimum atomic E-state index is -0.0854. The van der Waals surface area contributed by atoms with Crippen LogP contribution in [0.1, 0.15) is 23.3 Å². The third-order valence-electron chi connectivity index (χ3n) is 2.06. The van der Waals surface area contributed by atoms with Crippen LogP contribution in [0.15, 0.2) is 18.0 Å². The van der Waals surface area contributed by atoms with Crippen molar-refractivity contribution in [3.05, 3.63) is 23.7 Å². The fourth-order valence-electron chi connectivity index (χ4n) is 1.35. The van der Waals surface area contributed by atoms with Gasteiger partial charge in [0.25, 0.3) is 0 Å². The number of hydrogen-bond donors (Lipinski definition) is 0. The molecule has 0 amide bonds. The van der Waals surface area contributed by atoms with Crippen molar-refractivity contribution in [2.24, 2.45) is 7.05 Å². The highest BCUT2D eigenvalue weighted by atomic mass is 16.5. The molecule has 1 aliphatic heterocycles. The second-order valence-electron chi connectivity index (χ2n) is 3.22. The first-order chi connectivity index (χ1) is 6.77. The van der Waals surface area contributed by atoms with Gasteiger partial charge in [0.15, 0.2) is 5.69 Å². The topological polar surface area (TPSA) is 57.0 Å². The molecular formula is C9H11N3O2. The lowest BCUT2D eigenvalue weighted by molar-refractivity contribution is 0.100. The number of carbonyl (C=O) groups excluding carboxylic acids is 1. The minimum absolute atomic E-state index is 0.0854. The molecule has 2 heterocycles. The van der Waals surface area contributed by atoms with Crippen LogP contribution in [-0.4, -0.2) is 27.4 Å². The van der Waals surface area contributed by atoms with Crippen LogP contribution in [0.4, 0.5) is 0 Å². The summed E-state index contributed by atoms with van der Waals surface area (Å²) in [5.74, 6) is -0.0854. The summed E-state index contributed by atoms with van der Waals surface area (Å²) >= 11 is 0. The van der Waals surface area contributed by atoms with Crippen LogP contribution < -0.4 is 0 Å². The van der Waals surface area contributed by atoms with E-state index in [-0.39, 0.29) is 5.78 Å². The molecule has 0 unspecified atom stereocenters. The summed E-state index contributed by atoms with van der Waals surface area (Å²) in [6.45, 7) is 0.692. The molecule has 0 spiro atoms. The van der Waals surface area contributed by atoms with Crippen LogP contribution in [-0.2, 0) is 11.8 Å². The minimum Gasteiger partial charge on any atom is -0.501 e. The Morgan fingerprint density at radius 2 is 2.50 bits per heavy atom. The van der Waals surface area contributed by atoms with Crippen molar-refractivity contribution in [2.45, 2.75) is 12.8 Å². The fraction of sp³-hybridized carbons (Fsp3) is 0.444. The van der Waals surface area contributed by atoms with Gasteiger partial charge in [-0.3, -0.25) is 9.48 Å². The van der Waals surface area contributed by atoms with E-state index in [1.807, 2.05) is 0 Å². The number of aryl methyl sites for hydroxylation is 1.